The minimum atomic E-state index is 0.0965. The lowest BCUT2D eigenvalue weighted by molar-refractivity contribution is -0.121. The van der Waals surface area contributed by atoms with Gasteiger partial charge in [0.2, 0.25) is 11.8 Å². The number of carbonyl (C=O) groups excluding carboxylic acids is 1. The molecule has 31 heavy (non-hydrogen) atoms. The third-order valence-corrected chi connectivity index (χ3v) is 6.55. The predicted octanol–water partition coefficient (Wildman–Crippen LogP) is 5.50. The van der Waals surface area contributed by atoms with Crippen molar-refractivity contribution in [3.05, 3.63) is 60.7 Å². The summed E-state index contributed by atoms with van der Waals surface area (Å²) < 4.78 is 5.83. The summed E-state index contributed by atoms with van der Waals surface area (Å²) in [6.45, 7) is 3.22. The van der Waals surface area contributed by atoms with Crippen molar-refractivity contribution in [2.75, 3.05) is 25.0 Å². The molecule has 1 amide bonds. The van der Waals surface area contributed by atoms with Crippen molar-refractivity contribution in [3.63, 3.8) is 0 Å². The fourth-order valence-corrected chi connectivity index (χ4v) is 4.70. The van der Waals surface area contributed by atoms with Crippen LogP contribution in [0.3, 0.4) is 0 Å². The van der Waals surface area contributed by atoms with E-state index in [0.717, 1.165) is 54.2 Å². The molecule has 0 radical (unpaired) electrons. The van der Waals surface area contributed by atoms with Crippen molar-refractivity contribution in [1.29, 1.82) is 0 Å². The molecule has 160 valence electrons. The molecule has 2 aliphatic rings. The smallest absolute Gasteiger partial charge is 0.227 e. The number of oxazole rings is 1. The van der Waals surface area contributed by atoms with Crippen molar-refractivity contribution in [1.82, 2.24) is 9.88 Å². The SMILES string of the molecule is O=C(Nc1ccc(-c2nc3ccccc3o2)cc1)C1CCN(C[C@@H]2CC=CCC2)CC1. The molecule has 1 aliphatic carbocycles. The standard InChI is InChI=1S/C26H29N3O2/c30-25(20-14-16-29(17-15-20)18-19-6-2-1-3-7-19)27-22-12-10-21(11-13-22)26-28-23-8-4-5-9-24(23)31-26/h1-2,4-5,8-13,19-20H,3,6-7,14-18H2,(H,27,30)/t19-/m1/s1. The molecule has 0 spiro atoms. The zero-order chi connectivity index (χ0) is 21.0. The van der Waals surface area contributed by atoms with E-state index in [4.69, 9.17) is 4.42 Å². The van der Waals surface area contributed by atoms with Gasteiger partial charge in [-0.15, -0.1) is 0 Å². The van der Waals surface area contributed by atoms with E-state index in [1.807, 2.05) is 48.5 Å². The maximum absolute atomic E-state index is 12.8. The zero-order valence-corrected chi connectivity index (χ0v) is 17.8. The van der Waals surface area contributed by atoms with E-state index >= 15 is 0 Å². The minimum absolute atomic E-state index is 0.0965. The van der Waals surface area contributed by atoms with E-state index in [9.17, 15) is 4.79 Å². The Bertz CT molecular complexity index is 1030. The molecule has 1 aromatic heterocycles. The number of benzene rings is 2. The van der Waals surface area contributed by atoms with Gasteiger partial charge in [-0.25, -0.2) is 4.98 Å². The monoisotopic (exact) mass is 415 g/mol. The molecule has 5 nitrogen and oxygen atoms in total. The first-order valence-electron chi connectivity index (χ1n) is 11.4. The van der Waals surface area contributed by atoms with E-state index < -0.39 is 0 Å². The van der Waals surface area contributed by atoms with Gasteiger partial charge in [0.25, 0.3) is 0 Å². The summed E-state index contributed by atoms with van der Waals surface area (Å²) in [5.41, 5.74) is 3.35. The van der Waals surface area contributed by atoms with Crippen molar-refractivity contribution >= 4 is 22.7 Å². The Hall–Kier alpha value is -2.92. The van der Waals surface area contributed by atoms with Crippen molar-refractivity contribution in [2.45, 2.75) is 32.1 Å². The van der Waals surface area contributed by atoms with E-state index in [2.05, 4.69) is 27.4 Å². The highest BCUT2D eigenvalue weighted by Gasteiger charge is 2.26. The second-order valence-corrected chi connectivity index (χ2v) is 8.78. The first-order valence-corrected chi connectivity index (χ1v) is 11.4. The molecule has 0 saturated carbocycles. The van der Waals surface area contributed by atoms with Gasteiger partial charge in [-0.05, 0) is 87.5 Å². The number of nitrogens with zero attached hydrogens (tertiary/aromatic N) is 2. The van der Waals surface area contributed by atoms with Gasteiger partial charge in [0.05, 0.1) is 0 Å². The average Bonchev–Trinajstić information content (AvgIpc) is 3.25. The molecular weight excluding hydrogens is 386 g/mol. The van der Waals surface area contributed by atoms with Gasteiger partial charge in [-0.1, -0.05) is 24.3 Å². The normalized spacial score (nSPS) is 20.2. The largest absolute Gasteiger partial charge is 0.436 e. The van der Waals surface area contributed by atoms with E-state index in [1.54, 1.807) is 0 Å². The third-order valence-electron chi connectivity index (χ3n) is 6.55. The fraction of sp³-hybridized carbons (Fsp3) is 0.385. The van der Waals surface area contributed by atoms with Gasteiger partial charge >= 0.3 is 0 Å². The summed E-state index contributed by atoms with van der Waals surface area (Å²) in [5.74, 6) is 1.61. The Morgan fingerprint density at radius 2 is 1.84 bits per heavy atom. The Morgan fingerprint density at radius 3 is 2.58 bits per heavy atom. The van der Waals surface area contributed by atoms with E-state index in [1.165, 1.54) is 25.8 Å². The number of anilines is 1. The van der Waals surface area contributed by atoms with Crippen LogP contribution < -0.4 is 5.32 Å². The number of piperidine rings is 1. The zero-order valence-electron chi connectivity index (χ0n) is 17.8. The van der Waals surface area contributed by atoms with Crippen LogP contribution in [0, 0.1) is 11.8 Å². The van der Waals surface area contributed by atoms with Crippen molar-refractivity contribution in [3.8, 4) is 11.5 Å². The molecule has 1 saturated heterocycles. The summed E-state index contributed by atoms with van der Waals surface area (Å²) >= 11 is 0. The predicted molar refractivity (Wildman–Crippen MR) is 124 cm³/mol. The molecule has 1 aliphatic heterocycles. The highest BCUT2D eigenvalue weighted by Crippen LogP contribution is 2.27. The number of rotatable bonds is 5. The summed E-state index contributed by atoms with van der Waals surface area (Å²) in [6.07, 6.45) is 10.2. The molecule has 3 aromatic rings. The number of hydrogen-bond acceptors (Lipinski definition) is 4. The van der Waals surface area contributed by atoms with E-state index in [-0.39, 0.29) is 11.8 Å². The lowest BCUT2D eigenvalue weighted by Gasteiger charge is -2.34. The summed E-state index contributed by atoms with van der Waals surface area (Å²) in [5, 5.41) is 3.10. The van der Waals surface area contributed by atoms with Gasteiger partial charge in [0.1, 0.15) is 5.52 Å². The maximum atomic E-state index is 12.8. The quantitative estimate of drug-likeness (QED) is 0.559. The van der Waals surface area contributed by atoms with Crippen LogP contribution in [0.15, 0.2) is 65.1 Å². The number of likely N-dealkylation sites (tertiary alicyclic amines) is 1. The van der Waals surface area contributed by atoms with Gasteiger partial charge < -0.3 is 14.6 Å². The van der Waals surface area contributed by atoms with Crippen LogP contribution in [-0.4, -0.2) is 35.4 Å². The molecule has 5 rings (SSSR count). The number of hydrogen-bond donors (Lipinski definition) is 1. The molecule has 1 N–H and O–H groups in total. The van der Waals surface area contributed by atoms with Gasteiger partial charge in [0.15, 0.2) is 5.58 Å². The summed E-state index contributed by atoms with van der Waals surface area (Å²) in [4.78, 5) is 19.8. The van der Waals surface area contributed by atoms with Gasteiger partial charge in [-0.3, -0.25) is 4.79 Å². The average molecular weight is 416 g/mol. The third kappa shape index (κ3) is 4.72. The Labute approximate surface area is 183 Å². The number of allylic oxidation sites excluding steroid dienone is 2. The highest BCUT2D eigenvalue weighted by atomic mass is 16.3. The highest BCUT2D eigenvalue weighted by molar-refractivity contribution is 5.92. The Morgan fingerprint density at radius 1 is 1.03 bits per heavy atom. The molecule has 2 heterocycles. The molecule has 1 atom stereocenters. The van der Waals surface area contributed by atoms with Gasteiger partial charge in [-0.2, -0.15) is 0 Å². The van der Waals surface area contributed by atoms with Crippen LogP contribution in [0.5, 0.6) is 0 Å². The Balaban J connectivity index is 1.14. The number of aromatic nitrogens is 1. The molecule has 0 bridgehead atoms. The van der Waals surface area contributed by atoms with Crippen molar-refractivity contribution in [2.24, 2.45) is 11.8 Å². The topological polar surface area (TPSA) is 58.4 Å². The maximum Gasteiger partial charge on any atom is 0.227 e. The van der Waals surface area contributed by atoms with Crippen LogP contribution in [0.4, 0.5) is 5.69 Å². The minimum Gasteiger partial charge on any atom is -0.436 e. The van der Waals surface area contributed by atoms with Crippen LogP contribution >= 0.6 is 0 Å². The first-order chi connectivity index (χ1) is 15.2. The molecule has 1 fully saturated rings. The number of fused-ring (bicyclic) bond motifs is 1. The first kappa shape index (κ1) is 20.0. The Kier molecular flexibility index (Phi) is 5.85. The second-order valence-electron chi connectivity index (χ2n) is 8.78. The van der Waals surface area contributed by atoms with Crippen LogP contribution in [0.25, 0.3) is 22.6 Å². The van der Waals surface area contributed by atoms with Crippen molar-refractivity contribution < 1.29 is 9.21 Å². The van der Waals surface area contributed by atoms with Crippen LogP contribution in [-0.2, 0) is 4.79 Å². The lowest BCUT2D eigenvalue weighted by Crippen LogP contribution is -2.40. The summed E-state index contributed by atoms with van der Waals surface area (Å²) in [6, 6.07) is 15.5. The van der Waals surface area contributed by atoms with E-state index in [0.29, 0.717) is 5.89 Å². The number of carbonyl (C=O) groups is 1. The number of nitrogens with one attached hydrogen (secondary N) is 1. The fourth-order valence-electron chi connectivity index (χ4n) is 4.70. The number of amides is 1. The second kappa shape index (κ2) is 9.06. The summed E-state index contributed by atoms with van der Waals surface area (Å²) in [7, 11) is 0. The number of para-hydroxylation sites is 2. The van der Waals surface area contributed by atoms with Gasteiger partial charge in [0, 0.05) is 23.7 Å². The molecule has 5 heteroatoms. The van der Waals surface area contributed by atoms with Crippen LogP contribution in [0.2, 0.25) is 0 Å². The molecule has 2 aromatic carbocycles. The molecule has 0 unspecified atom stereocenters. The van der Waals surface area contributed by atoms with Crippen LogP contribution in [0.1, 0.15) is 32.1 Å². The lowest BCUT2D eigenvalue weighted by atomic mass is 9.91. The molecular formula is C26H29N3O2.